The van der Waals surface area contributed by atoms with E-state index >= 15 is 0 Å². The lowest BCUT2D eigenvalue weighted by Crippen LogP contribution is -2.09. The fourth-order valence-corrected chi connectivity index (χ4v) is 10.2. The molecule has 3 nitrogen and oxygen atoms in total. The maximum atomic E-state index is 2.45. The Hall–Kier alpha value is -8.14. The van der Waals surface area contributed by atoms with E-state index < -0.39 is 0 Å². The van der Waals surface area contributed by atoms with Gasteiger partial charge in [-0.3, -0.25) is 0 Å². The highest BCUT2D eigenvalue weighted by molar-refractivity contribution is 6.32. The van der Waals surface area contributed by atoms with E-state index in [1.165, 1.54) is 92.7 Å². The summed E-state index contributed by atoms with van der Waals surface area (Å²) in [5.74, 6) is 0. The van der Waals surface area contributed by atoms with Crippen LogP contribution in [0.15, 0.2) is 224 Å². The summed E-state index contributed by atoms with van der Waals surface area (Å²) < 4.78 is 4.83. The van der Waals surface area contributed by atoms with Crippen molar-refractivity contribution in [2.45, 2.75) is 0 Å². The molecular weight excluding hydrogens is 739 g/mol. The maximum absolute atomic E-state index is 2.45. The highest BCUT2D eigenvalue weighted by Gasteiger charge is 2.21. The fraction of sp³-hybridized carbons (Fsp3) is 0. The summed E-state index contributed by atoms with van der Waals surface area (Å²) >= 11 is 0. The predicted molar refractivity (Wildman–Crippen MR) is 259 cm³/mol. The van der Waals surface area contributed by atoms with Crippen LogP contribution in [-0.4, -0.2) is 9.13 Å². The topological polar surface area (TPSA) is 13.1 Å². The van der Waals surface area contributed by atoms with Gasteiger partial charge in [0.15, 0.2) is 0 Å². The van der Waals surface area contributed by atoms with Crippen LogP contribution in [0.5, 0.6) is 0 Å². The Kier molecular flexibility index (Phi) is 7.31. The van der Waals surface area contributed by atoms with E-state index in [0.717, 1.165) is 22.7 Å². The highest BCUT2D eigenvalue weighted by Crippen LogP contribution is 2.46. The van der Waals surface area contributed by atoms with E-state index in [1.807, 2.05) is 0 Å². The molecule has 0 amide bonds. The van der Waals surface area contributed by atoms with Crippen molar-refractivity contribution >= 4 is 93.0 Å². The van der Waals surface area contributed by atoms with Gasteiger partial charge in [-0.05, 0) is 123 Å². The van der Waals surface area contributed by atoms with Crippen LogP contribution >= 0.6 is 0 Å². The van der Waals surface area contributed by atoms with Crippen LogP contribution in [0.2, 0.25) is 0 Å². The molecule has 13 aromatic rings. The third-order valence-electron chi connectivity index (χ3n) is 12.8. The van der Waals surface area contributed by atoms with Crippen LogP contribution < -0.4 is 4.90 Å². The molecular formula is C58H37N3. The molecule has 0 N–H and O–H groups in total. The highest BCUT2D eigenvalue weighted by atomic mass is 15.1. The lowest BCUT2D eigenvalue weighted by Gasteiger charge is -2.26. The molecule has 3 heteroatoms. The van der Waals surface area contributed by atoms with Crippen molar-refractivity contribution in [1.29, 1.82) is 0 Å². The fourth-order valence-electron chi connectivity index (χ4n) is 10.2. The third-order valence-corrected chi connectivity index (χ3v) is 12.8. The van der Waals surface area contributed by atoms with Gasteiger partial charge in [0.1, 0.15) is 0 Å². The number of para-hydroxylation sites is 5. The van der Waals surface area contributed by atoms with Crippen LogP contribution in [0.1, 0.15) is 0 Å². The van der Waals surface area contributed by atoms with Crippen molar-refractivity contribution in [1.82, 2.24) is 9.13 Å². The van der Waals surface area contributed by atoms with Crippen molar-refractivity contribution in [2.75, 3.05) is 4.90 Å². The number of benzene rings is 11. The molecule has 0 saturated heterocycles. The maximum Gasteiger partial charge on any atom is 0.0620 e. The molecule has 0 aliphatic rings. The average Bonchev–Trinajstić information content (AvgIpc) is 3.84. The number of anilines is 3. The Balaban J connectivity index is 0.968. The zero-order chi connectivity index (χ0) is 40.0. The third kappa shape index (κ3) is 5.04. The number of hydrogen-bond acceptors (Lipinski definition) is 1. The monoisotopic (exact) mass is 775 g/mol. The van der Waals surface area contributed by atoms with Gasteiger partial charge in [-0.1, -0.05) is 140 Å². The van der Waals surface area contributed by atoms with Gasteiger partial charge in [0.05, 0.1) is 22.1 Å². The SMILES string of the molecule is c1ccc(N(c2ccc(-c3ccc4ccc5cc6c7ccccc7n(-c7ccccc7)c6c6ccc3c4c56)cc2)c2ccc3c(c2)c2ccccc2n3-c2ccccc2)cc1. The predicted octanol–water partition coefficient (Wildman–Crippen LogP) is 15.9. The first kappa shape index (κ1) is 33.8. The molecule has 0 spiro atoms. The minimum absolute atomic E-state index is 1.11. The van der Waals surface area contributed by atoms with Gasteiger partial charge in [-0.25, -0.2) is 0 Å². The van der Waals surface area contributed by atoms with Gasteiger partial charge in [0, 0.05) is 55.4 Å². The average molecular weight is 776 g/mol. The van der Waals surface area contributed by atoms with Gasteiger partial charge in [-0.2, -0.15) is 0 Å². The molecule has 0 saturated carbocycles. The Morgan fingerprint density at radius 1 is 0.295 bits per heavy atom. The van der Waals surface area contributed by atoms with E-state index in [-0.39, 0.29) is 0 Å². The second-order valence-corrected chi connectivity index (χ2v) is 16.1. The van der Waals surface area contributed by atoms with Gasteiger partial charge in [-0.15, -0.1) is 0 Å². The quantitative estimate of drug-likeness (QED) is 0.153. The number of nitrogens with zero attached hydrogens (tertiary/aromatic N) is 3. The zero-order valence-corrected chi connectivity index (χ0v) is 33.2. The molecule has 0 unspecified atom stereocenters. The summed E-state index contributed by atoms with van der Waals surface area (Å²) in [4.78, 5) is 2.37. The molecule has 2 heterocycles. The lowest BCUT2D eigenvalue weighted by molar-refractivity contribution is 1.18. The first-order valence-corrected chi connectivity index (χ1v) is 21.0. The summed E-state index contributed by atoms with van der Waals surface area (Å²) in [7, 11) is 0. The van der Waals surface area contributed by atoms with Crippen molar-refractivity contribution in [2.24, 2.45) is 0 Å². The first-order valence-electron chi connectivity index (χ1n) is 21.0. The molecule has 0 fully saturated rings. The van der Waals surface area contributed by atoms with Crippen LogP contribution in [0.4, 0.5) is 17.1 Å². The summed E-state index contributed by atoms with van der Waals surface area (Å²) in [6.45, 7) is 0. The number of fused-ring (bicyclic) bond motifs is 7. The molecule has 0 atom stereocenters. The molecule has 0 aliphatic heterocycles. The van der Waals surface area contributed by atoms with E-state index in [2.05, 4.69) is 238 Å². The molecule has 0 bridgehead atoms. The standard InChI is InChI=1S/C58H37N3/c1-4-14-41(15-5-1)59(45-31-35-55-51(37-45)47-20-10-12-22-53(47)60(55)42-16-6-2-7-17-42)44-29-26-38(27-30-44)46-32-28-39-24-25-40-36-52-48-21-11-13-23-54(48)61(43-18-8-3-9-19-43)58(52)50-34-33-49(46)56(39)57(40)50/h1-37H. The van der Waals surface area contributed by atoms with E-state index in [0.29, 0.717) is 0 Å². The Labute approximate surface area is 352 Å². The molecule has 11 aromatic carbocycles. The van der Waals surface area contributed by atoms with Crippen LogP contribution in [-0.2, 0) is 0 Å². The summed E-state index contributed by atoms with van der Waals surface area (Å²) in [5, 5.41) is 12.7. The Bertz CT molecular complexity index is 3790. The Morgan fingerprint density at radius 2 is 0.820 bits per heavy atom. The van der Waals surface area contributed by atoms with Gasteiger partial charge >= 0.3 is 0 Å². The largest absolute Gasteiger partial charge is 0.310 e. The smallest absolute Gasteiger partial charge is 0.0620 e. The molecule has 0 aliphatic carbocycles. The minimum atomic E-state index is 1.11. The molecule has 284 valence electrons. The van der Waals surface area contributed by atoms with Crippen LogP contribution in [0, 0.1) is 0 Å². The second kappa shape index (κ2) is 13.2. The molecule has 2 aromatic heterocycles. The summed E-state index contributed by atoms with van der Waals surface area (Å²) in [6.07, 6.45) is 0. The summed E-state index contributed by atoms with van der Waals surface area (Å²) in [5.41, 5.74) is 13.0. The molecule has 61 heavy (non-hydrogen) atoms. The van der Waals surface area contributed by atoms with Crippen molar-refractivity contribution in [3.05, 3.63) is 224 Å². The van der Waals surface area contributed by atoms with Gasteiger partial charge in [0.2, 0.25) is 0 Å². The van der Waals surface area contributed by atoms with Gasteiger partial charge in [0.25, 0.3) is 0 Å². The lowest BCUT2D eigenvalue weighted by atomic mass is 9.89. The van der Waals surface area contributed by atoms with E-state index in [1.54, 1.807) is 0 Å². The number of aromatic nitrogens is 2. The van der Waals surface area contributed by atoms with Crippen LogP contribution in [0.25, 0.3) is 98.4 Å². The van der Waals surface area contributed by atoms with Crippen LogP contribution in [0.3, 0.4) is 0 Å². The van der Waals surface area contributed by atoms with Gasteiger partial charge < -0.3 is 14.0 Å². The normalized spacial score (nSPS) is 11.9. The minimum Gasteiger partial charge on any atom is -0.310 e. The first-order chi connectivity index (χ1) is 30.3. The second-order valence-electron chi connectivity index (χ2n) is 16.1. The summed E-state index contributed by atoms with van der Waals surface area (Å²) in [6, 6.07) is 82.1. The zero-order valence-electron chi connectivity index (χ0n) is 33.2. The van der Waals surface area contributed by atoms with E-state index in [4.69, 9.17) is 0 Å². The van der Waals surface area contributed by atoms with Crippen molar-refractivity contribution < 1.29 is 0 Å². The number of rotatable bonds is 6. The number of hydrogen-bond donors (Lipinski definition) is 0. The Morgan fingerprint density at radius 3 is 1.56 bits per heavy atom. The molecule has 0 radical (unpaired) electrons. The molecule has 13 rings (SSSR count). The van der Waals surface area contributed by atoms with E-state index in [9.17, 15) is 0 Å². The van der Waals surface area contributed by atoms with Crippen molar-refractivity contribution in [3.8, 4) is 22.5 Å². The van der Waals surface area contributed by atoms with Crippen molar-refractivity contribution in [3.63, 3.8) is 0 Å².